The van der Waals surface area contributed by atoms with Crippen LogP contribution in [0.5, 0.6) is 0 Å². The first kappa shape index (κ1) is 5.28. The second-order valence-corrected chi connectivity index (χ2v) is 1.46. The van der Waals surface area contributed by atoms with Crippen LogP contribution in [0.1, 0.15) is 0 Å². The second kappa shape index (κ2) is 2.45. The molecule has 0 atom stereocenters. The zero-order chi connectivity index (χ0) is 5.82. The van der Waals surface area contributed by atoms with E-state index in [1.54, 1.807) is 7.05 Å². The van der Waals surface area contributed by atoms with Crippen molar-refractivity contribution in [3.63, 3.8) is 0 Å². The van der Waals surface area contributed by atoms with Crippen LogP contribution in [0.4, 0.5) is 5.82 Å². The number of aromatic nitrogens is 1. The summed E-state index contributed by atoms with van der Waals surface area (Å²) in [6, 6.07) is 3.86. The van der Waals surface area contributed by atoms with E-state index in [-0.39, 0.29) is 0 Å². The predicted molar refractivity (Wildman–Crippen MR) is 35.1 cm³/mol. The fourth-order valence-corrected chi connectivity index (χ4v) is 0.511. The molecule has 0 aliphatic heterocycles. The van der Waals surface area contributed by atoms with Gasteiger partial charge in [0.15, 0.2) is 0 Å². The monoisotopic (exact) mass is 106 g/mol. The average molecular weight is 106 g/mol. The van der Waals surface area contributed by atoms with Crippen molar-refractivity contribution in [2.45, 2.75) is 0 Å². The molecule has 3 heteroatoms. The van der Waals surface area contributed by atoms with Crippen molar-refractivity contribution in [3.8, 4) is 0 Å². The van der Waals surface area contributed by atoms with Crippen LogP contribution in [-0.4, -0.2) is 19.0 Å². The molecule has 0 saturated heterocycles. The van der Waals surface area contributed by atoms with Gasteiger partial charge < -0.3 is 0 Å². The average Bonchev–Trinajstić information content (AvgIpc) is 1.90. The molecule has 8 heavy (non-hydrogen) atoms. The van der Waals surface area contributed by atoms with Crippen molar-refractivity contribution in [1.82, 2.24) is 4.89 Å². The molecule has 0 fully saturated rings. The van der Waals surface area contributed by atoms with Crippen molar-refractivity contribution < 1.29 is 0 Å². The molecule has 0 bridgehead atoms. The van der Waals surface area contributed by atoms with Crippen molar-refractivity contribution >= 4 is 12.9 Å². The molecule has 0 unspecified atom stereocenters. The Bertz CT molecular complexity index is 152. The van der Waals surface area contributed by atoms with E-state index in [0.717, 1.165) is 5.82 Å². The first-order chi connectivity index (χ1) is 3.93. The van der Waals surface area contributed by atoms with Gasteiger partial charge in [0.25, 0.3) is 0 Å². The zero-order valence-corrected chi connectivity index (χ0v) is 4.76. The molecule has 1 heterocycles. The van der Waals surface area contributed by atoms with Gasteiger partial charge in [-0.15, -0.1) is 0 Å². The summed E-state index contributed by atoms with van der Waals surface area (Å²) in [6.45, 7) is 0. The molecule has 1 rings (SSSR count). The zero-order valence-electron chi connectivity index (χ0n) is 4.76. The van der Waals surface area contributed by atoms with Gasteiger partial charge >= 0.3 is 48.2 Å². The fourth-order valence-electron chi connectivity index (χ4n) is 0.511. The van der Waals surface area contributed by atoms with Gasteiger partial charge in [-0.05, 0) is 0 Å². The van der Waals surface area contributed by atoms with E-state index in [1.807, 2.05) is 25.1 Å². The van der Waals surface area contributed by atoms with Crippen LogP contribution >= 0.6 is 0 Å². The number of nitrogens with one attached hydrogen (secondary N) is 1. The molecule has 40 valence electrons. The van der Waals surface area contributed by atoms with E-state index < -0.39 is 0 Å². The Hall–Kier alpha value is -0.855. The van der Waals surface area contributed by atoms with Crippen molar-refractivity contribution in [2.75, 3.05) is 12.4 Å². The van der Waals surface area contributed by atoms with Crippen LogP contribution in [0.25, 0.3) is 0 Å². The normalized spacial score (nSPS) is 8.12. The van der Waals surface area contributed by atoms with Crippen LogP contribution in [0, 0.1) is 0 Å². The molecule has 0 aliphatic carbocycles. The summed E-state index contributed by atoms with van der Waals surface area (Å²) in [5, 5.41) is 2.92. The molecular formula is C5H7BN2. The third-order valence-corrected chi connectivity index (χ3v) is 0.921. The quantitative estimate of drug-likeness (QED) is 0.562. The molecule has 0 aliphatic rings. The van der Waals surface area contributed by atoms with Crippen LogP contribution in [0.3, 0.4) is 0 Å². The predicted octanol–water partition coefficient (Wildman–Crippen LogP) is 0.461. The minimum atomic E-state index is 0.910. The molecule has 2 nitrogen and oxygen atoms in total. The van der Waals surface area contributed by atoms with Crippen molar-refractivity contribution in [3.05, 3.63) is 18.1 Å². The van der Waals surface area contributed by atoms with E-state index in [4.69, 9.17) is 0 Å². The van der Waals surface area contributed by atoms with Gasteiger partial charge in [-0.2, -0.15) is 0 Å². The SMILES string of the molecule is CNc1cccbn1. The standard InChI is InChI=1S/C5H7BN2/c1-7-5-3-2-4-6-8-5/h2-4H,1H3,(H,7,8). The number of hydrogen-bond donors (Lipinski definition) is 1. The third kappa shape index (κ3) is 1.06. The Labute approximate surface area is 49.2 Å². The van der Waals surface area contributed by atoms with Crippen molar-refractivity contribution in [2.24, 2.45) is 0 Å². The maximum absolute atomic E-state index is 3.99. The topological polar surface area (TPSA) is 24.9 Å². The van der Waals surface area contributed by atoms with E-state index in [0.29, 0.717) is 0 Å². The van der Waals surface area contributed by atoms with E-state index in [1.165, 1.54) is 0 Å². The molecule has 1 aromatic heterocycles. The summed E-state index contributed by atoms with van der Waals surface area (Å²) >= 11 is 0. The van der Waals surface area contributed by atoms with Gasteiger partial charge in [0.1, 0.15) is 0 Å². The van der Waals surface area contributed by atoms with Crippen LogP contribution in [0.15, 0.2) is 18.1 Å². The summed E-state index contributed by atoms with van der Waals surface area (Å²) in [5.41, 5.74) is 0. The van der Waals surface area contributed by atoms with Gasteiger partial charge in [-0.25, -0.2) is 0 Å². The van der Waals surface area contributed by atoms with E-state index >= 15 is 0 Å². The van der Waals surface area contributed by atoms with Crippen molar-refractivity contribution in [1.29, 1.82) is 0 Å². The first-order valence-corrected chi connectivity index (χ1v) is 2.52. The van der Waals surface area contributed by atoms with Gasteiger partial charge in [0.2, 0.25) is 0 Å². The summed E-state index contributed by atoms with van der Waals surface area (Å²) in [5.74, 6) is 2.80. The Morgan fingerprint density at radius 3 is 3.00 bits per heavy atom. The fraction of sp³-hybridized carbons (Fsp3) is 0.200. The molecular weight excluding hydrogens is 98.9 g/mol. The Kier molecular flexibility index (Phi) is 1.62. The summed E-state index contributed by atoms with van der Waals surface area (Å²) in [6.07, 6.45) is 0. The maximum atomic E-state index is 3.99. The third-order valence-electron chi connectivity index (χ3n) is 0.921. The Morgan fingerprint density at radius 2 is 2.62 bits per heavy atom. The Balaban J connectivity index is 2.83. The second-order valence-electron chi connectivity index (χ2n) is 1.46. The number of hydrogen-bond acceptors (Lipinski definition) is 2. The van der Waals surface area contributed by atoms with Gasteiger partial charge in [-0.1, -0.05) is 0 Å². The summed E-state index contributed by atoms with van der Waals surface area (Å²) in [4.78, 5) is 3.99. The van der Waals surface area contributed by atoms with Crippen LogP contribution in [0.2, 0.25) is 0 Å². The van der Waals surface area contributed by atoms with Gasteiger partial charge in [-0.3, -0.25) is 0 Å². The van der Waals surface area contributed by atoms with Gasteiger partial charge in [0.05, 0.1) is 0 Å². The van der Waals surface area contributed by atoms with Crippen LogP contribution < -0.4 is 5.32 Å². The van der Waals surface area contributed by atoms with E-state index in [9.17, 15) is 0 Å². The van der Waals surface area contributed by atoms with E-state index in [2.05, 4.69) is 10.2 Å². The van der Waals surface area contributed by atoms with Gasteiger partial charge in [0, 0.05) is 0 Å². The molecule has 0 saturated carbocycles. The molecule has 1 N–H and O–H groups in total. The molecule has 0 amide bonds. The number of rotatable bonds is 1. The first-order valence-electron chi connectivity index (χ1n) is 2.52. The molecule has 0 aromatic carbocycles. The number of nitrogens with zero attached hydrogens (tertiary/aromatic N) is 1. The number of anilines is 1. The Morgan fingerprint density at radius 1 is 1.75 bits per heavy atom. The molecule has 0 radical (unpaired) electrons. The minimum absolute atomic E-state index is 0.910. The summed E-state index contributed by atoms with van der Waals surface area (Å²) < 4.78 is 0. The van der Waals surface area contributed by atoms with Crippen LogP contribution in [-0.2, 0) is 0 Å². The summed E-state index contributed by atoms with van der Waals surface area (Å²) in [7, 11) is 3.61. The molecule has 0 spiro atoms. The molecule has 1 aromatic rings.